The fourth-order valence-corrected chi connectivity index (χ4v) is 2.12. The van der Waals surface area contributed by atoms with Crippen molar-refractivity contribution in [1.82, 2.24) is 14.7 Å². The molecule has 0 aliphatic rings. The topological polar surface area (TPSA) is 37.8 Å². The monoisotopic (exact) mass is 213 g/mol. The number of rotatable bonds is 6. The van der Waals surface area contributed by atoms with E-state index in [2.05, 4.69) is 28.5 Å². The van der Waals surface area contributed by atoms with E-state index in [1.54, 1.807) is 11.5 Å². The van der Waals surface area contributed by atoms with Gasteiger partial charge in [0, 0.05) is 18.9 Å². The maximum atomic E-state index is 4.50. The van der Waals surface area contributed by atoms with Crippen LogP contribution in [0.25, 0.3) is 0 Å². The fourth-order valence-electron chi connectivity index (χ4n) is 1.36. The Hall–Kier alpha value is -0.480. The van der Waals surface area contributed by atoms with E-state index < -0.39 is 0 Å². The summed E-state index contributed by atoms with van der Waals surface area (Å²) in [6.45, 7) is 4.35. The zero-order valence-electron chi connectivity index (χ0n) is 9.21. The second-order valence-electron chi connectivity index (χ2n) is 3.45. The Morgan fingerprint density at radius 1 is 1.43 bits per heavy atom. The van der Waals surface area contributed by atoms with E-state index in [9.17, 15) is 0 Å². The van der Waals surface area contributed by atoms with Crippen LogP contribution in [0.15, 0.2) is 0 Å². The predicted octanol–water partition coefficient (Wildman–Crippen LogP) is 2.03. The minimum Gasteiger partial charge on any atom is -0.317 e. The van der Waals surface area contributed by atoms with Gasteiger partial charge in [-0.3, -0.25) is 0 Å². The first-order valence-electron chi connectivity index (χ1n) is 5.28. The second kappa shape index (κ2) is 6.09. The van der Waals surface area contributed by atoms with Gasteiger partial charge in [-0.15, -0.1) is 0 Å². The molecule has 3 nitrogen and oxygen atoms in total. The van der Waals surface area contributed by atoms with Crippen LogP contribution in [0.2, 0.25) is 0 Å². The highest BCUT2D eigenvalue weighted by atomic mass is 32.1. The van der Waals surface area contributed by atoms with Gasteiger partial charge in [0.2, 0.25) is 0 Å². The summed E-state index contributed by atoms with van der Waals surface area (Å²) in [6, 6.07) is 0.539. The van der Waals surface area contributed by atoms with E-state index in [-0.39, 0.29) is 0 Å². The molecule has 0 bridgehead atoms. The van der Waals surface area contributed by atoms with Gasteiger partial charge < -0.3 is 5.32 Å². The van der Waals surface area contributed by atoms with E-state index in [1.807, 2.05) is 7.05 Å². The third kappa shape index (κ3) is 3.35. The summed E-state index contributed by atoms with van der Waals surface area (Å²) in [5.74, 6) is 1.01. The lowest BCUT2D eigenvalue weighted by Gasteiger charge is -2.10. The molecule has 0 amide bonds. The van der Waals surface area contributed by atoms with Crippen LogP contribution in [0.3, 0.4) is 0 Å². The highest BCUT2D eigenvalue weighted by Crippen LogP contribution is 2.10. The maximum absolute atomic E-state index is 4.50. The molecule has 0 saturated carbocycles. The molecule has 14 heavy (non-hydrogen) atoms. The summed E-state index contributed by atoms with van der Waals surface area (Å²) in [7, 11) is 2.00. The lowest BCUT2D eigenvalue weighted by Crippen LogP contribution is -2.26. The van der Waals surface area contributed by atoms with Gasteiger partial charge in [-0.25, -0.2) is 4.98 Å². The van der Waals surface area contributed by atoms with Gasteiger partial charge in [0.05, 0.1) is 0 Å². The molecule has 0 aliphatic carbocycles. The quantitative estimate of drug-likeness (QED) is 0.785. The average molecular weight is 213 g/mol. The van der Waals surface area contributed by atoms with E-state index in [0.29, 0.717) is 6.04 Å². The molecule has 80 valence electrons. The number of nitrogens with zero attached hydrogens (tertiary/aromatic N) is 2. The Bertz CT molecular complexity index is 256. The molecule has 0 radical (unpaired) electrons. The molecule has 0 spiro atoms. The number of nitrogens with one attached hydrogen (secondary N) is 1. The van der Waals surface area contributed by atoms with Gasteiger partial charge >= 0.3 is 0 Å². The van der Waals surface area contributed by atoms with Crippen molar-refractivity contribution in [3.05, 3.63) is 10.8 Å². The Morgan fingerprint density at radius 2 is 2.21 bits per heavy atom. The first-order valence-corrected chi connectivity index (χ1v) is 6.06. The smallest absolute Gasteiger partial charge is 0.142 e. The van der Waals surface area contributed by atoms with Crippen molar-refractivity contribution in [2.75, 3.05) is 7.05 Å². The summed E-state index contributed by atoms with van der Waals surface area (Å²) in [5.41, 5.74) is 0. The van der Waals surface area contributed by atoms with Gasteiger partial charge in [-0.1, -0.05) is 13.8 Å². The van der Waals surface area contributed by atoms with E-state index in [0.717, 1.165) is 36.5 Å². The van der Waals surface area contributed by atoms with E-state index in [1.165, 1.54) is 0 Å². The summed E-state index contributed by atoms with van der Waals surface area (Å²) in [5, 5.41) is 4.44. The summed E-state index contributed by atoms with van der Waals surface area (Å²) < 4.78 is 4.33. The van der Waals surface area contributed by atoms with Gasteiger partial charge in [0.1, 0.15) is 10.8 Å². The molecule has 0 aromatic carbocycles. The zero-order valence-corrected chi connectivity index (χ0v) is 10.0. The van der Waals surface area contributed by atoms with Crippen LogP contribution in [0.4, 0.5) is 0 Å². The highest BCUT2D eigenvalue weighted by Gasteiger charge is 2.08. The molecule has 1 N–H and O–H groups in total. The van der Waals surface area contributed by atoms with Crippen molar-refractivity contribution in [2.45, 2.75) is 45.6 Å². The Balaban J connectivity index is 2.49. The van der Waals surface area contributed by atoms with Crippen LogP contribution >= 0.6 is 11.5 Å². The van der Waals surface area contributed by atoms with Crippen molar-refractivity contribution >= 4 is 11.5 Å². The summed E-state index contributed by atoms with van der Waals surface area (Å²) in [6.07, 6.45) is 4.28. The van der Waals surface area contributed by atoms with Gasteiger partial charge in [0.25, 0.3) is 0 Å². The standard InChI is InChI=1S/C10H19N3S/c1-4-6-9-12-10(14-13-9)7-8(5-2)11-3/h8,11H,4-7H2,1-3H3. The molecule has 4 heteroatoms. The van der Waals surface area contributed by atoms with E-state index >= 15 is 0 Å². The summed E-state index contributed by atoms with van der Waals surface area (Å²) in [4.78, 5) is 4.50. The number of hydrogen-bond donors (Lipinski definition) is 1. The van der Waals surface area contributed by atoms with Gasteiger partial charge in [0.15, 0.2) is 0 Å². The van der Waals surface area contributed by atoms with Crippen LogP contribution in [0.1, 0.15) is 37.5 Å². The lowest BCUT2D eigenvalue weighted by atomic mass is 10.2. The molecule has 0 aliphatic heterocycles. The predicted molar refractivity (Wildman–Crippen MR) is 60.7 cm³/mol. The molecule has 1 aromatic rings. The molecule has 1 unspecified atom stereocenters. The molecule has 1 rings (SSSR count). The van der Waals surface area contributed by atoms with Gasteiger partial charge in [-0.05, 0) is 31.4 Å². The first kappa shape index (κ1) is 11.6. The molecule has 1 aromatic heterocycles. The number of hydrogen-bond acceptors (Lipinski definition) is 4. The number of aryl methyl sites for hydroxylation is 1. The van der Waals surface area contributed by atoms with Crippen LogP contribution < -0.4 is 5.32 Å². The molecule has 0 saturated heterocycles. The SMILES string of the molecule is CCCc1nsc(CC(CC)NC)n1. The molecule has 1 atom stereocenters. The largest absolute Gasteiger partial charge is 0.317 e. The van der Waals surface area contributed by atoms with Crippen LogP contribution in [0, 0.1) is 0 Å². The van der Waals surface area contributed by atoms with Gasteiger partial charge in [-0.2, -0.15) is 4.37 Å². The maximum Gasteiger partial charge on any atom is 0.142 e. The van der Waals surface area contributed by atoms with Crippen molar-refractivity contribution in [2.24, 2.45) is 0 Å². The zero-order chi connectivity index (χ0) is 10.4. The van der Waals surface area contributed by atoms with Crippen molar-refractivity contribution in [3.63, 3.8) is 0 Å². The molecular weight excluding hydrogens is 194 g/mol. The molecular formula is C10H19N3S. The lowest BCUT2D eigenvalue weighted by molar-refractivity contribution is 0.541. The fraction of sp³-hybridized carbons (Fsp3) is 0.800. The minimum absolute atomic E-state index is 0.539. The number of aromatic nitrogens is 2. The first-order chi connectivity index (χ1) is 6.80. The normalized spacial score (nSPS) is 13.1. The van der Waals surface area contributed by atoms with Crippen molar-refractivity contribution < 1.29 is 0 Å². The van der Waals surface area contributed by atoms with E-state index in [4.69, 9.17) is 0 Å². The second-order valence-corrected chi connectivity index (χ2v) is 4.29. The molecule has 0 fully saturated rings. The number of likely N-dealkylation sites (N-methyl/N-ethyl adjacent to an activating group) is 1. The summed E-state index contributed by atoms with van der Waals surface area (Å²) >= 11 is 1.55. The van der Waals surface area contributed by atoms with Crippen LogP contribution in [-0.4, -0.2) is 22.4 Å². The average Bonchev–Trinajstić information content (AvgIpc) is 2.63. The van der Waals surface area contributed by atoms with Crippen molar-refractivity contribution in [3.8, 4) is 0 Å². The minimum atomic E-state index is 0.539. The van der Waals surface area contributed by atoms with Crippen LogP contribution in [-0.2, 0) is 12.8 Å². The third-order valence-corrected chi connectivity index (χ3v) is 3.08. The Kier molecular flexibility index (Phi) is 5.04. The third-order valence-electron chi connectivity index (χ3n) is 2.31. The Labute approximate surface area is 90.1 Å². The Morgan fingerprint density at radius 3 is 2.79 bits per heavy atom. The highest BCUT2D eigenvalue weighted by molar-refractivity contribution is 7.05. The molecule has 1 heterocycles. The van der Waals surface area contributed by atoms with Crippen molar-refractivity contribution in [1.29, 1.82) is 0 Å². The van der Waals surface area contributed by atoms with Crippen LogP contribution in [0.5, 0.6) is 0 Å².